The summed E-state index contributed by atoms with van der Waals surface area (Å²) < 4.78 is 1.71. The molecule has 0 saturated carbocycles. The van der Waals surface area contributed by atoms with Crippen LogP contribution in [0.25, 0.3) is 5.69 Å². The first-order valence-electron chi connectivity index (χ1n) is 4.68. The molecule has 0 fully saturated rings. The Morgan fingerprint density at radius 1 is 1.19 bits per heavy atom. The molecule has 1 aromatic heterocycles. The zero-order valence-electron chi connectivity index (χ0n) is 8.41. The van der Waals surface area contributed by atoms with Crippen LogP contribution in [-0.4, -0.2) is 14.8 Å². The van der Waals surface area contributed by atoms with Crippen molar-refractivity contribution in [2.45, 2.75) is 13.3 Å². The maximum Gasteiger partial charge on any atom is 0.229 e. The molecule has 0 bridgehead atoms. The minimum Gasteiger partial charge on any atom is -0.268 e. The fraction of sp³-hybridized carbons (Fsp3) is 0.200. The Balaban J connectivity index is 2.62. The van der Waals surface area contributed by atoms with E-state index in [2.05, 4.69) is 10.2 Å². The van der Waals surface area contributed by atoms with Gasteiger partial charge in [0.05, 0.1) is 10.7 Å². The quantitative estimate of drug-likeness (QED) is 0.835. The monoisotopic (exact) mass is 275 g/mol. The Bertz CT molecular complexity index is 522. The predicted octanol–water partition coefficient (Wildman–Crippen LogP) is 3.79. The second kappa shape index (κ2) is 4.62. The van der Waals surface area contributed by atoms with E-state index in [4.69, 9.17) is 34.8 Å². The third-order valence-electron chi connectivity index (χ3n) is 2.16. The Kier molecular flexibility index (Phi) is 3.38. The lowest BCUT2D eigenvalue weighted by atomic mass is 10.3. The van der Waals surface area contributed by atoms with Crippen molar-refractivity contribution in [2.24, 2.45) is 0 Å². The number of hydrogen-bond acceptors (Lipinski definition) is 2. The molecule has 0 aliphatic rings. The van der Waals surface area contributed by atoms with Gasteiger partial charge in [0.2, 0.25) is 5.28 Å². The lowest BCUT2D eigenvalue weighted by Crippen LogP contribution is -2.01. The van der Waals surface area contributed by atoms with Gasteiger partial charge in [0, 0.05) is 11.4 Å². The third-order valence-corrected chi connectivity index (χ3v) is 2.94. The summed E-state index contributed by atoms with van der Waals surface area (Å²) >= 11 is 17.9. The summed E-state index contributed by atoms with van der Waals surface area (Å²) in [4.78, 5) is 0. The molecule has 0 atom stereocenters. The van der Waals surface area contributed by atoms with Crippen LogP contribution in [0.3, 0.4) is 0 Å². The lowest BCUT2D eigenvalue weighted by molar-refractivity contribution is 0.883. The number of rotatable bonds is 2. The van der Waals surface area contributed by atoms with Crippen molar-refractivity contribution in [3.63, 3.8) is 0 Å². The Morgan fingerprint density at radius 2 is 1.94 bits per heavy atom. The molecular weight excluding hydrogens is 268 g/mol. The second-order valence-electron chi connectivity index (χ2n) is 3.17. The molecule has 6 heteroatoms. The van der Waals surface area contributed by atoms with Gasteiger partial charge in [-0.1, -0.05) is 30.1 Å². The SMILES string of the molecule is CCc1nnc(Cl)n1-c1ccc(Cl)cc1Cl. The van der Waals surface area contributed by atoms with Gasteiger partial charge in [-0.2, -0.15) is 0 Å². The Labute approximate surface area is 108 Å². The van der Waals surface area contributed by atoms with Gasteiger partial charge in [-0.25, -0.2) is 0 Å². The van der Waals surface area contributed by atoms with E-state index in [9.17, 15) is 0 Å². The molecule has 0 aliphatic heterocycles. The molecule has 0 aliphatic carbocycles. The van der Waals surface area contributed by atoms with E-state index in [0.29, 0.717) is 15.3 Å². The third kappa shape index (κ3) is 2.03. The molecule has 16 heavy (non-hydrogen) atoms. The summed E-state index contributed by atoms with van der Waals surface area (Å²) in [5.41, 5.74) is 0.734. The van der Waals surface area contributed by atoms with Gasteiger partial charge in [0.15, 0.2) is 0 Å². The molecule has 3 nitrogen and oxygen atoms in total. The van der Waals surface area contributed by atoms with E-state index in [-0.39, 0.29) is 0 Å². The van der Waals surface area contributed by atoms with Gasteiger partial charge in [0.25, 0.3) is 0 Å². The molecular formula is C10H8Cl3N3. The Hall–Kier alpha value is -0.770. The fourth-order valence-electron chi connectivity index (χ4n) is 1.42. The van der Waals surface area contributed by atoms with Gasteiger partial charge >= 0.3 is 0 Å². The minimum absolute atomic E-state index is 0.293. The second-order valence-corrected chi connectivity index (χ2v) is 4.35. The van der Waals surface area contributed by atoms with Crippen molar-refractivity contribution < 1.29 is 0 Å². The molecule has 0 amide bonds. The molecule has 0 N–H and O–H groups in total. The maximum absolute atomic E-state index is 6.10. The van der Waals surface area contributed by atoms with Crippen LogP contribution >= 0.6 is 34.8 Å². The molecule has 2 aromatic rings. The van der Waals surface area contributed by atoms with Gasteiger partial charge in [-0.05, 0) is 29.8 Å². The molecule has 1 aromatic carbocycles. The normalized spacial score (nSPS) is 10.8. The van der Waals surface area contributed by atoms with E-state index < -0.39 is 0 Å². The smallest absolute Gasteiger partial charge is 0.229 e. The highest BCUT2D eigenvalue weighted by Crippen LogP contribution is 2.27. The lowest BCUT2D eigenvalue weighted by Gasteiger charge is -2.08. The van der Waals surface area contributed by atoms with Gasteiger partial charge in [-0.15, -0.1) is 10.2 Å². The Morgan fingerprint density at radius 3 is 2.56 bits per heavy atom. The zero-order valence-corrected chi connectivity index (χ0v) is 10.7. The van der Waals surface area contributed by atoms with Crippen LogP contribution in [0.1, 0.15) is 12.7 Å². The van der Waals surface area contributed by atoms with Gasteiger partial charge < -0.3 is 0 Å². The number of benzene rings is 1. The van der Waals surface area contributed by atoms with Crippen molar-refractivity contribution in [1.29, 1.82) is 0 Å². The van der Waals surface area contributed by atoms with Crippen LogP contribution in [0.4, 0.5) is 0 Å². The van der Waals surface area contributed by atoms with Crippen LogP contribution in [0, 0.1) is 0 Å². The van der Waals surface area contributed by atoms with Crippen LogP contribution in [0.2, 0.25) is 15.3 Å². The first-order chi connectivity index (χ1) is 7.63. The zero-order chi connectivity index (χ0) is 11.7. The average molecular weight is 277 g/mol. The van der Waals surface area contributed by atoms with E-state index >= 15 is 0 Å². The minimum atomic E-state index is 0.293. The highest BCUT2D eigenvalue weighted by atomic mass is 35.5. The number of aromatic nitrogens is 3. The van der Waals surface area contributed by atoms with Crippen molar-refractivity contribution in [1.82, 2.24) is 14.8 Å². The van der Waals surface area contributed by atoms with Crippen molar-refractivity contribution in [3.05, 3.63) is 39.4 Å². The van der Waals surface area contributed by atoms with Crippen LogP contribution in [0.15, 0.2) is 18.2 Å². The van der Waals surface area contributed by atoms with Gasteiger partial charge in [0.1, 0.15) is 5.82 Å². The number of aryl methyl sites for hydroxylation is 1. The van der Waals surface area contributed by atoms with Crippen molar-refractivity contribution in [3.8, 4) is 5.69 Å². The molecule has 0 radical (unpaired) electrons. The highest BCUT2D eigenvalue weighted by Gasteiger charge is 2.13. The number of halogens is 3. The molecule has 0 spiro atoms. The molecule has 0 saturated heterocycles. The summed E-state index contributed by atoms with van der Waals surface area (Å²) in [5, 5.41) is 9.17. The summed E-state index contributed by atoms with van der Waals surface area (Å²) in [5.74, 6) is 0.759. The fourth-order valence-corrected chi connectivity index (χ4v) is 2.14. The van der Waals surface area contributed by atoms with Crippen molar-refractivity contribution in [2.75, 3.05) is 0 Å². The topological polar surface area (TPSA) is 30.7 Å². The first kappa shape index (κ1) is 11.7. The van der Waals surface area contributed by atoms with Crippen LogP contribution in [-0.2, 0) is 6.42 Å². The van der Waals surface area contributed by atoms with Crippen LogP contribution < -0.4 is 0 Å². The summed E-state index contributed by atoms with van der Waals surface area (Å²) in [6, 6.07) is 5.20. The predicted molar refractivity (Wildman–Crippen MR) is 65.8 cm³/mol. The largest absolute Gasteiger partial charge is 0.268 e. The average Bonchev–Trinajstić information content (AvgIpc) is 2.60. The van der Waals surface area contributed by atoms with E-state index in [1.807, 2.05) is 6.92 Å². The van der Waals surface area contributed by atoms with E-state index in [1.54, 1.807) is 22.8 Å². The first-order valence-corrected chi connectivity index (χ1v) is 5.82. The van der Waals surface area contributed by atoms with E-state index in [1.165, 1.54) is 0 Å². The van der Waals surface area contributed by atoms with Crippen LogP contribution in [0.5, 0.6) is 0 Å². The maximum atomic E-state index is 6.10. The molecule has 0 unspecified atom stereocenters. The van der Waals surface area contributed by atoms with Crippen molar-refractivity contribution >= 4 is 34.8 Å². The summed E-state index contributed by atoms with van der Waals surface area (Å²) in [6.07, 6.45) is 0.721. The molecule has 1 heterocycles. The summed E-state index contributed by atoms with van der Waals surface area (Å²) in [6.45, 7) is 1.97. The summed E-state index contributed by atoms with van der Waals surface area (Å²) in [7, 11) is 0. The standard InChI is InChI=1S/C10H8Cl3N3/c1-2-9-14-15-10(13)16(9)8-4-3-6(11)5-7(8)12/h3-5H,2H2,1H3. The van der Waals surface area contributed by atoms with Gasteiger partial charge in [-0.3, -0.25) is 4.57 Å². The number of nitrogens with zero attached hydrogens (tertiary/aromatic N) is 3. The number of hydrogen-bond donors (Lipinski definition) is 0. The molecule has 2 rings (SSSR count). The molecule has 84 valence electrons. The van der Waals surface area contributed by atoms with E-state index in [0.717, 1.165) is 17.9 Å². The highest BCUT2D eigenvalue weighted by molar-refractivity contribution is 6.36.